The molecule has 0 radical (unpaired) electrons. The van der Waals surface area contributed by atoms with E-state index in [1.54, 1.807) is 58.5 Å². The Morgan fingerprint density at radius 2 is 1.12 bits per heavy atom. The number of benzene rings is 2. The highest BCUT2D eigenvalue weighted by Crippen LogP contribution is 2.30. The number of carbonyl (C=O) groups excluding carboxylic acids is 4. The van der Waals surface area contributed by atoms with Gasteiger partial charge in [-0.05, 0) is 134 Å². The van der Waals surface area contributed by atoms with Crippen LogP contribution in [0, 0.1) is 24.7 Å². The Morgan fingerprint density at radius 3 is 1.55 bits per heavy atom. The second-order valence-electron chi connectivity index (χ2n) is 21.2. The lowest BCUT2D eigenvalue weighted by Gasteiger charge is -2.26. The first-order valence-corrected chi connectivity index (χ1v) is 29.3. The zero-order valence-electron chi connectivity index (χ0n) is 51.3. The van der Waals surface area contributed by atoms with Gasteiger partial charge in [0.2, 0.25) is 17.7 Å². The monoisotopic (exact) mass is 1220 g/mol. The lowest BCUT2D eigenvalue weighted by atomic mass is 10.0. The Labute approximate surface area is 518 Å². The van der Waals surface area contributed by atoms with Crippen LogP contribution in [0.15, 0.2) is 107 Å². The first-order chi connectivity index (χ1) is 42.8. The third-order valence-electron chi connectivity index (χ3n) is 13.7. The van der Waals surface area contributed by atoms with Crippen LogP contribution in [0.3, 0.4) is 0 Å². The molecular weight excluding hydrogens is 1140 g/mol. The summed E-state index contributed by atoms with van der Waals surface area (Å²) in [6.07, 6.45) is 20.4. The molecular formula is C64H78N12O13. The van der Waals surface area contributed by atoms with E-state index in [4.69, 9.17) is 41.6 Å². The second-order valence-corrected chi connectivity index (χ2v) is 21.2. The van der Waals surface area contributed by atoms with Crippen molar-refractivity contribution in [3.63, 3.8) is 0 Å². The van der Waals surface area contributed by atoms with Crippen LogP contribution in [0.25, 0.3) is 0 Å². The van der Waals surface area contributed by atoms with E-state index in [0.717, 1.165) is 57.4 Å². The second kappa shape index (κ2) is 33.6. The van der Waals surface area contributed by atoms with Gasteiger partial charge >= 0.3 is 30.1 Å². The number of amides is 3. The Hall–Kier alpha value is -10.3. The van der Waals surface area contributed by atoms with Crippen LogP contribution >= 0.6 is 0 Å². The number of ether oxygens (including phenoxy) is 3. The number of esters is 1. The summed E-state index contributed by atoms with van der Waals surface area (Å²) in [7, 11) is 0. The van der Waals surface area contributed by atoms with E-state index < -0.39 is 47.6 Å². The van der Waals surface area contributed by atoms with Gasteiger partial charge < -0.3 is 68.8 Å². The molecule has 5 N–H and O–H groups in total. The lowest BCUT2D eigenvalue weighted by molar-refractivity contribution is -0.155. The molecule has 0 unspecified atom stereocenters. The average molecular weight is 1220 g/mol. The van der Waals surface area contributed by atoms with E-state index in [1.165, 1.54) is 41.8 Å². The summed E-state index contributed by atoms with van der Waals surface area (Å²) in [6, 6.07) is 17.9. The van der Waals surface area contributed by atoms with Gasteiger partial charge in [-0.15, -0.1) is 12.8 Å². The van der Waals surface area contributed by atoms with Gasteiger partial charge in [0.25, 0.3) is 5.91 Å². The molecule has 25 nitrogen and oxygen atoms in total. The van der Waals surface area contributed by atoms with Crippen molar-refractivity contribution in [2.24, 2.45) is 0 Å². The maximum Gasteiger partial charge on any atom is 0.415 e. The zero-order valence-corrected chi connectivity index (χ0v) is 51.3. The van der Waals surface area contributed by atoms with Crippen LogP contribution in [0.2, 0.25) is 0 Å². The van der Waals surface area contributed by atoms with E-state index in [1.807, 2.05) is 70.4 Å². The zero-order chi connectivity index (χ0) is 64.5. The van der Waals surface area contributed by atoms with E-state index in [0.29, 0.717) is 73.1 Å². The molecule has 2 atom stereocenters. The topological polar surface area (TPSA) is 301 Å². The number of aromatic nitrogens is 4. The number of nitrogens with zero attached hydrogens (tertiary/aromatic N) is 9. The number of anilines is 6. The molecule has 2 aliphatic rings. The number of terminal acetylenes is 2. The molecule has 4 aromatic heterocycles. The van der Waals surface area contributed by atoms with Gasteiger partial charge in [0.05, 0.1) is 43.7 Å². The number of hydrogen-bond donors (Lipinski definition) is 5. The van der Waals surface area contributed by atoms with Crippen molar-refractivity contribution in [2.45, 2.75) is 105 Å². The van der Waals surface area contributed by atoms with Crippen LogP contribution in [0.4, 0.5) is 44.5 Å². The van der Waals surface area contributed by atoms with Crippen molar-refractivity contribution in [3.05, 3.63) is 120 Å². The highest BCUT2D eigenvalue weighted by atomic mass is 16.6. The number of carboxylic acid groups (broad SMARTS) is 2. The number of carbonyl (C=O) groups is 6. The molecule has 472 valence electrons. The molecule has 3 amide bonds. The number of hydrogen-bond acceptors (Lipinski definition) is 20. The summed E-state index contributed by atoms with van der Waals surface area (Å²) >= 11 is 0. The number of carboxylic acids is 2. The van der Waals surface area contributed by atoms with Crippen molar-refractivity contribution >= 4 is 70.9 Å². The SMILES string of the molecule is C#CCN(C(=O)c1ccco1)c1cnc(N(CC)CC)nc1N[C@@H](Cc1ccc(OC(=O)N2CCCC2)cc1)C(=O)O.C#CCNc1cnc(N(CC)CC)nc1N[C@@H](Cc1ccc(OC(=O)N2CCCC2)cc1)C(=O)OC(C)(C)C.O=C(O)c1ccco1. The smallest absolute Gasteiger partial charge is 0.415 e. The van der Waals surface area contributed by atoms with Crippen molar-refractivity contribution in [1.82, 2.24) is 29.7 Å². The Bertz CT molecular complexity index is 3340. The fourth-order valence-electron chi connectivity index (χ4n) is 9.12. The van der Waals surface area contributed by atoms with Crippen LogP contribution in [-0.2, 0) is 27.2 Å². The van der Waals surface area contributed by atoms with Crippen molar-refractivity contribution in [2.75, 3.05) is 96.1 Å². The number of aliphatic carboxylic acids is 1. The molecule has 2 fully saturated rings. The number of likely N-dealkylation sites (tertiary alicyclic amines) is 2. The molecule has 0 spiro atoms. The number of rotatable bonds is 24. The van der Waals surface area contributed by atoms with Gasteiger partial charge in [-0.3, -0.25) is 9.69 Å². The average Bonchev–Trinajstić information content (AvgIpc) is 2.06. The highest BCUT2D eigenvalue weighted by molar-refractivity contribution is 6.06. The summed E-state index contributed by atoms with van der Waals surface area (Å²) in [5.41, 5.74) is 1.66. The maximum atomic E-state index is 13.3. The van der Waals surface area contributed by atoms with Crippen molar-refractivity contribution < 1.29 is 62.0 Å². The van der Waals surface area contributed by atoms with Crippen LogP contribution < -0.4 is 40.1 Å². The van der Waals surface area contributed by atoms with Crippen molar-refractivity contribution in [3.8, 4) is 36.2 Å². The van der Waals surface area contributed by atoms with Gasteiger partial charge in [0, 0.05) is 65.2 Å². The molecule has 25 heteroatoms. The number of aromatic carboxylic acids is 1. The normalized spacial score (nSPS) is 13.1. The van der Waals surface area contributed by atoms with Crippen LogP contribution in [0.5, 0.6) is 11.5 Å². The fraction of sp³-hybridized carbons (Fsp3) is 0.406. The number of nitrogens with one attached hydrogen (secondary N) is 3. The minimum Gasteiger partial charge on any atom is -0.480 e. The quantitative estimate of drug-likeness (QED) is 0.0278. The van der Waals surface area contributed by atoms with E-state index in [-0.39, 0.29) is 48.6 Å². The summed E-state index contributed by atoms with van der Waals surface area (Å²) in [4.78, 5) is 100. The fourth-order valence-corrected chi connectivity index (χ4v) is 9.12. The molecule has 0 bridgehead atoms. The van der Waals surface area contributed by atoms with E-state index >= 15 is 0 Å². The third kappa shape index (κ3) is 20.4. The lowest BCUT2D eigenvalue weighted by Crippen LogP contribution is -2.38. The predicted molar refractivity (Wildman–Crippen MR) is 336 cm³/mol. The van der Waals surface area contributed by atoms with E-state index in [2.05, 4.69) is 47.2 Å². The highest BCUT2D eigenvalue weighted by Gasteiger charge is 2.30. The first-order valence-electron chi connectivity index (χ1n) is 29.3. The predicted octanol–water partition coefficient (Wildman–Crippen LogP) is 9.20. The summed E-state index contributed by atoms with van der Waals surface area (Å²) in [6.45, 7) is 19.1. The van der Waals surface area contributed by atoms with Crippen molar-refractivity contribution in [1.29, 1.82) is 0 Å². The summed E-state index contributed by atoms with van der Waals surface area (Å²) in [5.74, 6) is 4.27. The summed E-state index contributed by atoms with van der Waals surface area (Å²) in [5, 5.41) is 27.7. The molecule has 2 saturated heterocycles. The van der Waals surface area contributed by atoms with Gasteiger partial charge in [0.15, 0.2) is 17.4 Å². The van der Waals surface area contributed by atoms with Gasteiger partial charge in [-0.1, -0.05) is 36.1 Å². The molecule has 8 rings (SSSR count). The molecule has 2 aromatic carbocycles. The summed E-state index contributed by atoms with van der Waals surface area (Å²) < 4.78 is 26.5. The molecule has 6 heterocycles. The maximum absolute atomic E-state index is 13.3. The van der Waals surface area contributed by atoms with E-state index in [9.17, 15) is 33.9 Å². The molecule has 6 aromatic rings. The molecule has 0 aliphatic carbocycles. The molecule has 2 aliphatic heterocycles. The Morgan fingerprint density at radius 1 is 0.652 bits per heavy atom. The molecule has 89 heavy (non-hydrogen) atoms. The van der Waals surface area contributed by atoms with Crippen LogP contribution in [-0.4, -0.2) is 159 Å². The number of furan rings is 2. The largest absolute Gasteiger partial charge is 0.480 e. The Balaban J connectivity index is 0.000000252. The standard InChI is InChI=1S/C30H34N6O6.C29H40N6O4.C5H4O3/c1-4-15-36(27(37)25-10-9-18-41-25)24-20-31-29(34(5-2)6-3)33-26(24)32-23(28(38)39)19-21-11-13-22(14-12-21)42-30(40)35-16-7-8-17-35;1-7-16-30-24-20-31-27(34(8-2)9-3)33-25(24)32-23(26(36)39-29(4,5)6)19-21-12-14-22(15-13-21)38-28(37)35-17-10-11-18-35;6-5(7)4-2-1-3-8-4/h1,9-14,18,20,23H,5-8,15-17,19H2,2-3H3,(H,38,39)(H,31,32,33);1,12-15,20,23,30H,8-11,16-19H2,2-6H3,(H,31,32,33);1-3H,(H,6,7)/t2*23-;/m00./s1. The third-order valence-corrected chi connectivity index (χ3v) is 13.7. The minimum atomic E-state index is -1.13. The Kier molecular flexibility index (Phi) is 25.6. The van der Waals surface area contributed by atoms with Gasteiger partial charge in [-0.25, -0.2) is 33.9 Å². The molecule has 0 saturated carbocycles. The first kappa shape index (κ1) is 67.8. The van der Waals surface area contributed by atoms with Gasteiger partial charge in [0.1, 0.15) is 34.9 Å². The van der Waals surface area contributed by atoms with Gasteiger partial charge in [-0.2, -0.15) is 9.97 Å². The minimum absolute atomic E-state index is 0.0231. The van der Waals surface area contributed by atoms with Crippen LogP contribution in [0.1, 0.15) is 106 Å².